The van der Waals surface area contributed by atoms with Gasteiger partial charge < -0.3 is 20.6 Å². The standard InChI is InChI=1S/C13H17NO5/c1-7-9(4-3-5-10(7)13(18)19)12(17)11(16)6-14-8(2)15/h3-5,11-12,16-17H,6H2,1-2H3,(H,14,15)(H,18,19). The van der Waals surface area contributed by atoms with E-state index >= 15 is 0 Å². The Morgan fingerprint density at radius 2 is 1.95 bits per heavy atom. The Bertz CT molecular complexity index is 486. The van der Waals surface area contributed by atoms with Crippen molar-refractivity contribution in [2.24, 2.45) is 0 Å². The predicted molar refractivity (Wildman–Crippen MR) is 67.8 cm³/mol. The van der Waals surface area contributed by atoms with E-state index in [2.05, 4.69) is 5.32 Å². The zero-order chi connectivity index (χ0) is 14.6. The molecular formula is C13H17NO5. The van der Waals surface area contributed by atoms with Crippen LogP contribution in [0.4, 0.5) is 0 Å². The van der Waals surface area contributed by atoms with Crippen LogP contribution < -0.4 is 5.32 Å². The average molecular weight is 267 g/mol. The summed E-state index contributed by atoms with van der Waals surface area (Å²) >= 11 is 0. The third-order valence-electron chi connectivity index (χ3n) is 2.85. The number of hydrogen-bond donors (Lipinski definition) is 4. The Morgan fingerprint density at radius 1 is 1.32 bits per heavy atom. The molecule has 1 aromatic rings. The van der Waals surface area contributed by atoms with Crippen LogP contribution in [0, 0.1) is 6.92 Å². The van der Waals surface area contributed by atoms with Crippen molar-refractivity contribution in [3.63, 3.8) is 0 Å². The Kier molecular flexibility index (Phi) is 5.02. The lowest BCUT2D eigenvalue weighted by molar-refractivity contribution is -0.119. The molecule has 1 amide bonds. The lowest BCUT2D eigenvalue weighted by Gasteiger charge is -2.20. The van der Waals surface area contributed by atoms with Crippen molar-refractivity contribution in [3.05, 3.63) is 34.9 Å². The minimum atomic E-state index is -1.26. The van der Waals surface area contributed by atoms with Gasteiger partial charge in [-0.3, -0.25) is 4.79 Å². The molecule has 6 nitrogen and oxygen atoms in total. The first kappa shape index (κ1) is 15.1. The molecule has 0 spiro atoms. The van der Waals surface area contributed by atoms with Crippen LogP contribution >= 0.6 is 0 Å². The van der Waals surface area contributed by atoms with Crippen LogP contribution in [0.2, 0.25) is 0 Å². The van der Waals surface area contributed by atoms with E-state index < -0.39 is 18.2 Å². The quantitative estimate of drug-likeness (QED) is 0.610. The summed E-state index contributed by atoms with van der Waals surface area (Å²) in [4.78, 5) is 21.7. The molecule has 104 valence electrons. The van der Waals surface area contributed by atoms with Crippen LogP contribution in [0.5, 0.6) is 0 Å². The summed E-state index contributed by atoms with van der Waals surface area (Å²) in [6.45, 7) is 2.76. The summed E-state index contributed by atoms with van der Waals surface area (Å²) in [5, 5.41) is 31.1. The molecule has 6 heteroatoms. The highest BCUT2D eigenvalue weighted by atomic mass is 16.4. The van der Waals surface area contributed by atoms with Crippen LogP contribution in [-0.2, 0) is 4.79 Å². The Morgan fingerprint density at radius 3 is 2.47 bits per heavy atom. The number of carboxylic acids is 1. The highest BCUT2D eigenvalue weighted by molar-refractivity contribution is 5.89. The third-order valence-corrected chi connectivity index (χ3v) is 2.85. The summed E-state index contributed by atoms with van der Waals surface area (Å²) in [6, 6.07) is 4.47. The molecule has 2 unspecified atom stereocenters. The SMILES string of the molecule is CC(=O)NCC(O)C(O)c1cccc(C(=O)O)c1C. The highest BCUT2D eigenvalue weighted by Gasteiger charge is 2.22. The number of carbonyl (C=O) groups excluding carboxylic acids is 1. The highest BCUT2D eigenvalue weighted by Crippen LogP contribution is 2.23. The van der Waals surface area contributed by atoms with Crippen molar-refractivity contribution < 1.29 is 24.9 Å². The smallest absolute Gasteiger partial charge is 0.335 e. The number of rotatable bonds is 5. The van der Waals surface area contributed by atoms with Crippen LogP contribution in [0.15, 0.2) is 18.2 Å². The monoisotopic (exact) mass is 267 g/mol. The van der Waals surface area contributed by atoms with E-state index in [-0.39, 0.29) is 18.0 Å². The fourth-order valence-corrected chi connectivity index (χ4v) is 1.77. The number of aliphatic hydroxyl groups excluding tert-OH is 2. The van der Waals surface area contributed by atoms with Gasteiger partial charge in [-0.1, -0.05) is 12.1 Å². The molecule has 0 aromatic heterocycles. The number of aliphatic hydroxyl groups is 2. The van der Waals surface area contributed by atoms with Crippen LogP contribution in [0.3, 0.4) is 0 Å². The summed E-state index contributed by atoms with van der Waals surface area (Å²) < 4.78 is 0. The molecule has 0 fully saturated rings. The van der Waals surface area contributed by atoms with Crippen molar-refractivity contribution in [2.45, 2.75) is 26.1 Å². The lowest BCUT2D eigenvalue weighted by Crippen LogP contribution is -2.34. The van der Waals surface area contributed by atoms with E-state index in [1.807, 2.05) is 0 Å². The lowest BCUT2D eigenvalue weighted by atomic mass is 9.95. The molecule has 0 radical (unpaired) electrons. The zero-order valence-corrected chi connectivity index (χ0v) is 10.8. The maximum absolute atomic E-state index is 11.0. The fraction of sp³-hybridized carbons (Fsp3) is 0.385. The van der Waals surface area contributed by atoms with E-state index in [1.165, 1.54) is 19.1 Å². The largest absolute Gasteiger partial charge is 0.478 e. The molecule has 4 N–H and O–H groups in total. The molecule has 0 aliphatic carbocycles. The second-order valence-electron chi connectivity index (χ2n) is 4.27. The van der Waals surface area contributed by atoms with Gasteiger partial charge in [-0.15, -0.1) is 0 Å². The zero-order valence-electron chi connectivity index (χ0n) is 10.8. The van der Waals surface area contributed by atoms with E-state index in [4.69, 9.17) is 5.11 Å². The number of aromatic carboxylic acids is 1. The van der Waals surface area contributed by atoms with Gasteiger partial charge in [-0.05, 0) is 24.1 Å². The van der Waals surface area contributed by atoms with Gasteiger partial charge in [0.25, 0.3) is 0 Å². The number of carbonyl (C=O) groups is 2. The Balaban J connectivity index is 2.93. The Labute approximate surface area is 110 Å². The molecule has 0 aliphatic rings. The van der Waals surface area contributed by atoms with Gasteiger partial charge in [0.05, 0.1) is 5.56 Å². The number of benzene rings is 1. The molecule has 0 saturated carbocycles. The van der Waals surface area contributed by atoms with Gasteiger partial charge in [-0.2, -0.15) is 0 Å². The first-order valence-electron chi connectivity index (χ1n) is 5.78. The predicted octanol–water partition coefficient (Wildman–Crippen LogP) is 0.224. The first-order chi connectivity index (χ1) is 8.84. The number of nitrogens with one attached hydrogen (secondary N) is 1. The number of hydrogen-bond acceptors (Lipinski definition) is 4. The summed E-state index contributed by atoms with van der Waals surface area (Å²) in [7, 11) is 0. The number of carboxylic acid groups (broad SMARTS) is 1. The Hall–Kier alpha value is -1.92. The van der Waals surface area contributed by atoms with Crippen molar-refractivity contribution in [3.8, 4) is 0 Å². The molecule has 19 heavy (non-hydrogen) atoms. The molecule has 1 rings (SSSR count). The fourth-order valence-electron chi connectivity index (χ4n) is 1.77. The first-order valence-corrected chi connectivity index (χ1v) is 5.78. The topological polar surface area (TPSA) is 107 Å². The maximum atomic E-state index is 11.0. The molecule has 0 saturated heterocycles. The van der Waals surface area contributed by atoms with Crippen LogP contribution in [-0.4, -0.2) is 39.8 Å². The normalized spacial score (nSPS) is 13.7. The van der Waals surface area contributed by atoms with Crippen molar-refractivity contribution in [1.82, 2.24) is 5.32 Å². The number of amides is 1. The van der Waals surface area contributed by atoms with E-state index in [0.29, 0.717) is 11.1 Å². The maximum Gasteiger partial charge on any atom is 0.335 e. The van der Waals surface area contributed by atoms with E-state index in [9.17, 15) is 19.8 Å². The van der Waals surface area contributed by atoms with Gasteiger partial charge in [0.1, 0.15) is 12.2 Å². The van der Waals surface area contributed by atoms with E-state index in [0.717, 1.165) is 0 Å². The minimum Gasteiger partial charge on any atom is -0.478 e. The van der Waals surface area contributed by atoms with Crippen LogP contribution in [0.25, 0.3) is 0 Å². The third kappa shape index (κ3) is 3.77. The second-order valence-corrected chi connectivity index (χ2v) is 4.27. The summed E-state index contributed by atoms with van der Waals surface area (Å²) in [6.07, 6.45) is -2.46. The second kappa shape index (κ2) is 6.31. The van der Waals surface area contributed by atoms with Gasteiger partial charge in [0, 0.05) is 13.5 Å². The molecule has 0 heterocycles. The summed E-state index contributed by atoms with van der Waals surface area (Å²) in [5.74, 6) is -1.41. The van der Waals surface area contributed by atoms with Gasteiger partial charge in [-0.25, -0.2) is 4.79 Å². The van der Waals surface area contributed by atoms with E-state index in [1.54, 1.807) is 13.0 Å². The van der Waals surface area contributed by atoms with Crippen molar-refractivity contribution in [2.75, 3.05) is 6.54 Å². The van der Waals surface area contributed by atoms with Crippen molar-refractivity contribution in [1.29, 1.82) is 0 Å². The molecule has 2 atom stereocenters. The van der Waals surface area contributed by atoms with Crippen molar-refractivity contribution >= 4 is 11.9 Å². The average Bonchev–Trinajstić information content (AvgIpc) is 2.34. The van der Waals surface area contributed by atoms with Crippen LogP contribution in [0.1, 0.15) is 34.5 Å². The summed E-state index contributed by atoms with van der Waals surface area (Å²) in [5.41, 5.74) is 0.797. The molecular weight excluding hydrogens is 250 g/mol. The molecule has 0 bridgehead atoms. The van der Waals surface area contributed by atoms with Gasteiger partial charge in [0.15, 0.2) is 0 Å². The minimum absolute atomic E-state index is 0.0725. The van der Waals surface area contributed by atoms with Gasteiger partial charge in [0.2, 0.25) is 5.91 Å². The molecule has 1 aromatic carbocycles. The van der Waals surface area contributed by atoms with Gasteiger partial charge >= 0.3 is 5.97 Å². The molecule has 0 aliphatic heterocycles.